The van der Waals surface area contributed by atoms with Gasteiger partial charge >= 0.3 is 0 Å². The summed E-state index contributed by atoms with van der Waals surface area (Å²) >= 11 is 0. The molecule has 47 heavy (non-hydrogen) atoms. The van der Waals surface area contributed by atoms with Crippen molar-refractivity contribution in [2.45, 2.75) is 13.0 Å². The van der Waals surface area contributed by atoms with Gasteiger partial charge in [0.15, 0.2) is 23.1 Å². The van der Waals surface area contributed by atoms with Crippen LogP contribution in [0.2, 0.25) is 0 Å². The molecule has 5 aromatic rings. The van der Waals surface area contributed by atoms with E-state index in [9.17, 15) is 14.0 Å². The highest BCUT2D eigenvalue weighted by Gasteiger charge is 2.29. The van der Waals surface area contributed by atoms with Crippen molar-refractivity contribution < 1.29 is 42.0 Å². The third-order valence-electron chi connectivity index (χ3n) is 7.44. The molecule has 1 saturated heterocycles. The highest BCUT2D eigenvalue weighted by Crippen LogP contribution is 2.49. The largest absolute Gasteiger partial charge is 0.493 e. The van der Waals surface area contributed by atoms with Crippen molar-refractivity contribution in [3.8, 4) is 40.2 Å². The average molecular weight is 644 g/mol. The van der Waals surface area contributed by atoms with Crippen molar-refractivity contribution in [3.63, 3.8) is 0 Å². The van der Waals surface area contributed by atoms with Crippen LogP contribution < -0.4 is 34.6 Å². The maximum absolute atomic E-state index is 15.5. The van der Waals surface area contributed by atoms with Crippen molar-refractivity contribution >= 4 is 22.5 Å². The lowest BCUT2D eigenvalue weighted by Crippen LogP contribution is -2.38. The molecular weight excluding hydrogens is 616 g/mol. The molecule has 13 heteroatoms. The number of amides is 1. The number of fused-ring (bicyclic) bond motifs is 3. The first-order chi connectivity index (χ1) is 22.9. The Balaban J connectivity index is 1.16. The predicted octanol–water partition coefficient (Wildman–Crippen LogP) is 5.66. The van der Waals surface area contributed by atoms with Gasteiger partial charge in [0.25, 0.3) is 11.5 Å². The molecule has 240 valence electrons. The van der Waals surface area contributed by atoms with Crippen LogP contribution >= 0.6 is 0 Å². The van der Waals surface area contributed by atoms with E-state index in [0.29, 0.717) is 53.7 Å². The molecule has 0 atom stereocenters. The van der Waals surface area contributed by atoms with E-state index < -0.39 is 23.1 Å². The van der Waals surface area contributed by atoms with E-state index in [1.54, 1.807) is 19.1 Å². The summed E-state index contributed by atoms with van der Waals surface area (Å²) in [5.41, 5.74) is -0.100. The Morgan fingerprint density at radius 3 is 2.47 bits per heavy atom. The van der Waals surface area contributed by atoms with Gasteiger partial charge in [-0.2, -0.15) is 0 Å². The summed E-state index contributed by atoms with van der Waals surface area (Å²) in [5, 5.41) is 3.04. The number of anilines is 1. The number of aromatic nitrogens is 2. The smallest absolute Gasteiger partial charge is 0.271 e. The Labute approximate surface area is 266 Å². The maximum Gasteiger partial charge on any atom is 0.271 e. The maximum atomic E-state index is 15.5. The van der Waals surface area contributed by atoms with Crippen molar-refractivity contribution in [1.82, 2.24) is 9.55 Å². The number of halogens is 2. The minimum atomic E-state index is -0.821. The van der Waals surface area contributed by atoms with Gasteiger partial charge in [0.1, 0.15) is 42.2 Å². The first-order valence-corrected chi connectivity index (χ1v) is 14.8. The van der Waals surface area contributed by atoms with Gasteiger partial charge in [-0.05, 0) is 55.5 Å². The van der Waals surface area contributed by atoms with Crippen LogP contribution in [0.5, 0.6) is 34.5 Å². The number of carbonyl (C=O) groups is 1. The molecule has 0 saturated carbocycles. The number of nitrogens with zero attached hydrogens (tertiary/aromatic N) is 2. The van der Waals surface area contributed by atoms with Crippen LogP contribution in [0.15, 0.2) is 77.9 Å². The Morgan fingerprint density at radius 1 is 0.957 bits per heavy atom. The summed E-state index contributed by atoms with van der Waals surface area (Å²) in [4.78, 5) is 31.2. The molecule has 0 spiro atoms. The van der Waals surface area contributed by atoms with E-state index in [1.807, 2.05) is 0 Å². The summed E-state index contributed by atoms with van der Waals surface area (Å²) in [7, 11) is 0. The van der Waals surface area contributed by atoms with Gasteiger partial charge in [0.2, 0.25) is 5.75 Å². The van der Waals surface area contributed by atoms with Crippen molar-refractivity contribution in [2.75, 3.05) is 38.4 Å². The SMILES string of the molecule is CCOc1ccn(-c2ccc(F)cc2)c(=O)c1C(=O)Nc1ccc(Oc2ccnc3cc(OC4COC4)c4c(c23)OCCO4)c(F)c1. The fraction of sp³-hybridized carbons (Fsp3) is 0.206. The van der Waals surface area contributed by atoms with Crippen LogP contribution in [0.3, 0.4) is 0 Å². The topological polar surface area (TPSA) is 119 Å². The highest BCUT2D eigenvalue weighted by atomic mass is 19.1. The second kappa shape index (κ2) is 12.6. The van der Waals surface area contributed by atoms with Gasteiger partial charge < -0.3 is 33.7 Å². The third-order valence-corrected chi connectivity index (χ3v) is 7.44. The van der Waals surface area contributed by atoms with Crippen molar-refractivity contribution in [3.05, 3.63) is 101 Å². The van der Waals surface area contributed by atoms with E-state index in [4.69, 9.17) is 28.4 Å². The molecule has 2 aromatic heterocycles. The molecule has 0 bridgehead atoms. The van der Waals surface area contributed by atoms with E-state index in [1.165, 1.54) is 59.4 Å². The summed E-state index contributed by atoms with van der Waals surface area (Å²) in [6.45, 7) is 3.44. The molecule has 2 aliphatic heterocycles. The fourth-order valence-electron chi connectivity index (χ4n) is 5.19. The standard InChI is InChI=1S/C34H27F2N3O8/c1-2-43-26-10-12-39(21-6-3-19(35)4-7-21)34(41)30(26)33(40)38-20-5-8-25(23(36)15-20)47-27-9-11-37-24-16-28(46-22-17-42-18-22)31-32(29(24)27)45-14-13-44-31/h3-12,15-16,22H,2,13-14,17-18H2,1H3,(H,38,40). The van der Waals surface area contributed by atoms with Crippen LogP contribution in [-0.2, 0) is 4.74 Å². The summed E-state index contributed by atoms with van der Waals surface area (Å²) in [6.07, 6.45) is 2.83. The molecule has 11 nitrogen and oxygen atoms in total. The number of hydrogen-bond donors (Lipinski definition) is 1. The van der Waals surface area contributed by atoms with Gasteiger partial charge in [0, 0.05) is 35.9 Å². The number of benzene rings is 3. The zero-order valence-corrected chi connectivity index (χ0v) is 25.0. The lowest BCUT2D eigenvalue weighted by molar-refractivity contribution is -0.0807. The minimum absolute atomic E-state index is 0.0439. The predicted molar refractivity (Wildman–Crippen MR) is 166 cm³/mol. The fourth-order valence-corrected chi connectivity index (χ4v) is 5.19. The lowest BCUT2D eigenvalue weighted by atomic mass is 10.1. The lowest BCUT2D eigenvalue weighted by Gasteiger charge is -2.29. The third kappa shape index (κ3) is 5.88. The average Bonchev–Trinajstić information content (AvgIpc) is 3.05. The van der Waals surface area contributed by atoms with E-state index in [2.05, 4.69) is 10.3 Å². The Bertz CT molecular complexity index is 2050. The number of carbonyl (C=O) groups excluding carboxylic acids is 1. The highest BCUT2D eigenvalue weighted by molar-refractivity contribution is 6.06. The summed E-state index contributed by atoms with van der Waals surface area (Å²) < 4.78 is 64.8. The molecule has 0 aliphatic carbocycles. The summed E-state index contributed by atoms with van der Waals surface area (Å²) in [5.74, 6) is -0.677. The number of rotatable bonds is 9. The first kappa shape index (κ1) is 30.0. The number of hydrogen-bond acceptors (Lipinski definition) is 9. The second-order valence-corrected chi connectivity index (χ2v) is 10.6. The van der Waals surface area contributed by atoms with Crippen LogP contribution in [0.25, 0.3) is 16.6 Å². The molecule has 1 fully saturated rings. The Kier molecular flexibility index (Phi) is 8.04. The van der Waals surface area contributed by atoms with Gasteiger partial charge in [-0.1, -0.05) is 0 Å². The van der Waals surface area contributed by atoms with Crippen LogP contribution in [0, 0.1) is 11.6 Å². The molecule has 1 amide bonds. The van der Waals surface area contributed by atoms with Gasteiger partial charge in [-0.3, -0.25) is 19.1 Å². The second-order valence-electron chi connectivity index (χ2n) is 10.6. The Hall–Kier alpha value is -5.69. The monoisotopic (exact) mass is 643 g/mol. The van der Waals surface area contributed by atoms with Crippen LogP contribution in [-0.4, -0.2) is 54.6 Å². The molecule has 7 rings (SSSR count). The minimum Gasteiger partial charge on any atom is -0.493 e. The normalized spacial score (nSPS) is 13.9. The van der Waals surface area contributed by atoms with Gasteiger partial charge in [-0.25, -0.2) is 8.78 Å². The molecule has 4 heterocycles. The van der Waals surface area contributed by atoms with Crippen LogP contribution in [0.4, 0.5) is 14.5 Å². The molecule has 2 aliphatic rings. The zero-order valence-electron chi connectivity index (χ0n) is 25.0. The zero-order chi connectivity index (χ0) is 32.5. The van der Waals surface area contributed by atoms with E-state index in [-0.39, 0.29) is 47.8 Å². The van der Waals surface area contributed by atoms with Crippen molar-refractivity contribution in [1.29, 1.82) is 0 Å². The van der Waals surface area contributed by atoms with Crippen molar-refractivity contribution in [2.24, 2.45) is 0 Å². The van der Waals surface area contributed by atoms with Gasteiger partial charge in [-0.15, -0.1) is 0 Å². The van der Waals surface area contributed by atoms with Crippen LogP contribution in [0.1, 0.15) is 17.3 Å². The van der Waals surface area contributed by atoms with E-state index in [0.717, 1.165) is 6.07 Å². The van der Waals surface area contributed by atoms with E-state index >= 15 is 4.39 Å². The number of pyridine rings is 2. The first-order valence-electron chi connectivity index (χ1n) is 14.8. The quantitative estimate of drug-likeness (QED) is 0.217. The molecular formula is C34H27F2N3O8. The number of ether oxygens (including phenoxy) is 6. The molecule has 1 N–H and O–H groups in total. The molecule has 0 unspecified atom stereocenters. The molecule has 3 aromatic carbocycles. The summed E-state index contributed by atoms with van der Waals surface area (Å²) in [6, 6.07) is 13.8. The Morgan fingerprint density at radius 2 is 1.74 bits per heavy atom. The number of nitrogens with one attached hydrogen (secondary N) is 1. The molecule has 0 radical (unpaired) electrons. The van der Waals surface area contributed by atoms with Gasteiger partial charge in [0.05, 0.1) is 30.7 Å².